The molecule has 0 saturated heterocycles. The molecule has 0 unspecified atom stereocenters. The Labute approximate surface area is 151 Å². The van der Waals surface area contributed by atoms with Gasteiger partial charge in [0.05, 0.1) is 16.8 Å². The molecular formula is C23H17NO2. The third-order valence-corrected chi connectivity index (χ3v) is 4.60. The highest BCUT2D eigenvalue weighted by atomic mass is 16.1. The van der Waals surface area contributed by atoms with Gasteiger partial charge < -0.3 is 4.40 Å². The van der Waals surface area contributed by atoms with Gasteiger partial charge >= 0.3 is 0 Å². The molecule has 0 saturated carbocycles. The molecule has 0 N–H and O–H groups in total. The lowest BCUT2D eigenvalue weighted by Gasteiger charge is -2.03. The van der Waals surface area contributed by atoms with Crippen molar-refractivity contribution in [1.29, 1.82) is 0 Å². The fourth-order valence-corrected chi connectivity index (χ4v) is 3.36. The van der Waals surface area contributed by atoms with Crippen LogP contribution in [0.2, 0.25) is 0 Å². The molecule has 4 rings (SSSR count). The number of benzene rings is 2. The Morgan fingerprint density at radius 3 is 1.85 bits per heavy atom. The highest BCUT2D eigenvalue weighted by Crippen LogP contribution is 2.27. The van der Waals surface area contributed by atoms with Gasteiger partial charge in [-0.1, -0.05) is 66.7 Å². The minimum Gasteiger partial charge on any atom is -0.313 e. The Morgan fingerprint density at radius 1 is 0.692 bits per heavy atom. The van der Waals surface area contributed by atoms with Crippen molar-refractivity contribution in [2.75, 3.05) is 0 Å². The molecule has 0 aliphatic heterocycles. The zero-order valence-electron chi connectivity index (χ0n) is 14.3. The average Bonchev–Trinajstić information content (AvgIpc) is 3.00. The number of ketones is 2. The van der Waals surface area contributed by atoms with Gasteiger partial charge in [0.1, 0.15) is 0 Å². The third kappa shape index (κ3) is 2.54. The molecular weight excluding hydrogens is 322 g/mol. The number of hydrogen-bond donors (Lipinski definition) is 0. The molecule has 2 aromatic carbocycles. The van der Waals surface area contributed by atoms with E-state index in [9.17, 15) is 9.59 Å². The van der Waals surface area contributed by atoms with Gasteiger partial charge in [0, 0.05) is 17.3 Å². The molecule has 0 radical (unpaired) electrons. The average molecular weight is 339 g/mol. The van der Waals surface area contributed by atoms with Crippen molar-refractivity contribution in [1.82, 2.24) is 4.40 Å². The van der Waals surface area contributed by atoms with Crippen molar-refractivity contribution < 1.29 is 9.59 Å². The smallest absolute Gasteiger partial charge is 0.210 e. The monoisotopic (exact) mass is 339 g/mol. The van der Waals surface area contributed by atoms with Crippen LogP contribution in [0.25, 0.3) is 5.52 Å². The second-order valence-electron chi connectivity index (χ2n) is 6.19. The largest absolute Gasteiger partial charge is 0.313 e. The Balaban J connectivity index is 1.95. The minimum atomic E-state index is -0.0867. The van der Waals surface area contributed by atoms with E-state index in [0.29, 0.717) is 27.9 Å². The van der Waals surface area contributed by atoms with E-state index in [-0.39, 0.29) is 11.6 Å². The van der Waals surface area contributed by atoms with Crippen molar-refractivity contribution in [3.8, 4) is 0 Å². The minimum absolute atomic E-state index is 0.0705. The maximum Gasteiger partial charge on any atom is 0.210 e. The molecule has 2 aromatic heterocycles. The van der Waals surface area contributed by atoms with E-state index >= 15 is 0 Å². The molecule has 0 amide bonds. The summed E-state index contributed by atoms with van der Waals surface area (Å²) in [7, 11) is 0. The molecule has 3 heteroatoms. The molecule has 2 heterocycles. The zero-order chi connectivity index (χ0) is 18.1. The van der Waals surface area contributed by atoms with Crippen LogP contribution < -0.4 is 0 Å². The van der Waals surface area contributed by atoms with Gasteiger partial charge in [0.2, 0.25) is 5.78 Å². The number of aromatic nitrogens is 1. The summed E-state index contributed by atoms with van der Waals surface area (Å²) in [5.41, 5.74) is 3.79. The molecule has 0 aliphatic rings. The van der Waals surface area contributed by atoms with Crippen LogP contribution in [0.1, 0.15) is 37.5 Å². The fraction of sp³-hybridized carbons (Fsp3) is 0.0435. The number of rotatable bonds is 4. The number of hydrogen-bond acceptors (Lipinski definition) is 2. The maximum atomic E-state index is 13.1. The van der Waals surface area contributed by atoms with Gasteiger partial charge in [-0.05, 0) is 24.6 Å². The SMILES string of the molecule is Cc1c(C(=O)c2ccccc2)c2ccccn2c1C(=O)c1ccccc1. The Hall–Kier alpha value is -3.46. The van der Waals surface area contributed by atoms with Crippen molar-refractivity contribution in [3.63, 3.8) is 0 Å². The van der Waals surface area contributed by atoms with Crippen LogP contribution in [0.3, 0.4) is 0 Å². The molecule has 0 atom stereocenters. The summed E-state index contributed by atoms with van der Waals surface area (Å²) >= 11 is 0. The fourth-order valence-electron chi connectivity index (χ4n) is 3.36. The Bertz CT molecular complexity index is 1020. The van der Waals surface area contributed by atoms with E-state index in [4.69, 9.17) is 0 Å². The highest BCUT2D eigenvalue weighted by molar-refractivity contribution is 6.18. The third-order valence-electron chi connectivity index (χ3n) is 4.60. The van der Waals surface area contributed by atoms with Crippen molar-refractivity contribution in [2.24, 2.45) is 0 Å². The quantitative estimate of drug-likeness (QED) is 0.505. The van der Waals surface area contributed by atoms with Gasteiger partial charge in [0.15, 0.2) is 5.78 Å². The number of nitrogens with zero attached hydrogens (tertiary/aromatic N) is 1. The molecule has 3 nitrogen and oxygen atoms in total. The first-order chi connectivity index (χ1) is 12.7. The Kier molecular flexibility index (Phi) is 3.98. The lowest BCUT2D eigenvalue weighted by atomic mass is 9.98. The van der Waals surface area contributed by atoms with E-state index in [2.05, 4.69) is 0 Å². The molecule has 0 fully saturated rings. The van der Waals surface area contributed by atoms with Crippen LogP contribution in [0.5, 0.6) is 0 Å². The van der Waals surface area contributed by atoms with E-state index in [1.807, 2.05) is 72.1 Å². The summed E-state index contributed by atoms with van der Waals surface area (Å²) in [6, 6.07) is 23.9. The zero-order valence-corrected chi connectivity index (χ0v) is 14.3. The maximum absolute atomic E-state index is 13.1. The van der Waals surface area contributed by atoms with Crippen molar-refractivity contribution >= 4 is 17.1 Å². The standard InChI is InChI=1S/C23H17NO2/c1-16-20(22(25)17-10-4-2-5-11-17)19-14-8-9-15-24(19)21(16)23(26)18-12-6-3-7-13-18/h2-15H,1H3. The first kappa shape index (κ1) is 16.0. The second-order valence-corrected chi connectivity index (χ2v) is 6.19. The van der Waals surface area contributed by atoms with Crippen molar-refractivity contribution in [2.45, 2.75) is 6.92 Å². The lowest BCUT2D eigenvalue weighted by molar-refractivity contribution is 0.103. The lowest BCUT2D eigenvalue weighted by Crippen LogP contribution is -2.07. The van der Waals surface area contributed by atoms with Crippen LogP contribution in [0.4, 0.5) is 0 Å². The summed E-state index contributed by atoms with van der Waals surface area (Å²) in [5.74, 6) is -0.157. The second kappa shape index (κ2) is 6.45. The first-order valence-electron chi connectivity index (χ1n) is 8.47. The van der Waals surface area contributed by atoms with E-state index in [1.54, 1.807) is 24.3 Å². The Morgan fingerprint density at radius 2 is 1.23 bits per heavy atom. The molecule has 26 heavy (non-hydrogen) atoms. The van der Waals surface area contributed by atoms with Crippen LogP contribution in [-0.2, 0) is 0 Å². The first-order valence-corrected chi connectivity index (χ1v) is 8.47. The molecule has 4 aromatic rings. The predicted octanol–water partition coefficient (Wildman–Crippen LogP) is 4.71. The van der Waals surface area contributed by atoms with Crippen LogP contribution in [0, 0.1) is 6.92 Å². The number of pyridine rings is 1. The van der Waals surface area contributed by atoms with Gasteiger partial charge in [-0.25, -0.2) is 0 Å². The summed E-state index contributed by atoms with van der Waals surface area (Å²) in [5, 5.41) is 0. The van der Waals surface area contributed by atoms with E-state index in [0.717, 1.165) is 5.52 Å². The topological polar surface area (TPSA) is 38.5 Å². The summed E-state index contributed by atoms with van der Waals surface area (Å²) in [6.45, 7) is 1.85. The van der Waals surface area contributed by atoms with Gasteiger partial charge in [0.25, 0.3) is 0 Å². The number of fused-ring (bicyclic) bond motifs is 1. The molecule has 126 valence electrons. The summed E-state index contributed by atoms with van der Waals surface area (Å²) in [6.07, 6.45) is 1.83. The number of carbonyl (C=O) groups excluding carboxylic acids is 2. The molecule has 0 spiro atoms. The van der Waals surface area contributed by atoms with E-state index < -0.39 is 0 Å². The number of carbonyl (C=O) groups is 2. The molecule has 0 bridgehead atoms. The molecule has 0 aliphatic carbocycles. The normalized spacial score (nSPS) is 10.8. The van der Waals surface area contributed by atoms with Crippen LogP contribution in [-0.4, -0.2) is 16.0 Å². The van der Waals surface area contributed by atoms with Crippen LogP contribution in [0.15, 0.2) is 85.1 Å². The predicted molar refractivity (Wildman–Crippen MR) is 102 cm³/mol. The van der Waals surface area contributed by atoms with Gasteiger partial charge in [-0.3, -0.25) is 9.59 Å². The summed E-state index contributed by atoms with van der Waals surface area (Å²) in [4.78, 5) is 26.3. The van der Waals surface area contributed by atoms with Crippen LogP contribution >= 0.6 is 0 Å². The van der Waals surface area contributed by atoms with Crippen molar-refractivity contribution in [3.05, 3.63) is 113 Å². The van der Waals surface area contributed by atoms with Gasteiger partial charge in [-0.15, -0.1) is 0 Å². The highest BCUT2D eigenvalue weighted by Gasteiger charge is 2.25. The summed E-state index contributed by atoms with van der Waals surface area (Å²) < 4.78 is 1.82. The van der Waals surface area contributed by atoms with E-state index in [1.165, 1.54) is 0 Å². The van der Waals surface area contributed by atoms with Gasteiger partial charge in [-0.2, -0.15) is 0 Å².